The van der Waals surface area contributed by atoms with Crippen molar-refractivity contribution in [3.05, 3.63) is 0 Å². The normalized spacial score (nSPS) is 24.3. The van der Waals surface area contributed by atoms with Gasteiger partial charge in [-0.3, -0.25) is 14.4 Å². The lowest BCUT2D eigenvalue weighted by Gasteiger charge is -2.24. The van der Waals surface area contributed by atoms with Gasteiger partial charge in [-0.25, -0.2) is 0 Å². The van der Waals surface area contributed by atoms with E-state index in [4.69, 9.17) is 4.74 Å². The van der Waals surface area contributed by atoms with Crippen LogP contribution < -0.4 is 0 Å². The number of ether oxygens (including phenoxy) is 1. The molecule has 0 saturated heterocycles. The Hall–Kier alpha value is -1.19. The van der Waals surface area contributed by atoms with E-state index >= 15 is 0 Å². The van der Waals surface area contributed by atoms with Gasteiger partial charge in [0.25, 0.3) is 0 Å². The van der Waals surface area contributed by atoms with Crippen LogP contribution in [0.25, 0.3) is 0 Å². The molecule has 108 valence electrons. The molecule has 0 aromatic heterocycles. The van der Waals surface area contributed by atoms with Crippen molar-refractivity contribution in [2.45, 2.75) is 52.9 Å². The lowest BCUT2D eigenvalue weighted by atomic mass is 9.79. The van der Waals surface area contributed by atoms with Crippen LogP contribution in [-0.2, 0) is 19.1 Å². The molecule has 3 atom stereocenters. The molecule has 4 nitrogen and oxygen atoms in total. The zero-order chi connectivity index (χ0) is 14.4. The number of unbranched alkanes of at least 4 members (excludes halogenated alkanes) is 1. The predicted octanol–water partition coefficient (Wildman–Crippen LogP) is 2.54. The number of ketones is 2. The first-order chi connectivity index (χ1) is 9.02. The highest BCUT2D eigenvalue weighted by atomic mass is 16.5. The molecule has 0 amide bonds. The first-order valence-corrected chi connectivity index (χ1v) is 7.22. The van der Waals surface area contributed by atoms with Gasteiger partial charge in [0.2, 0.25) is 0 Å². The number of rotatable bonds is 7. The van der Waals surface area contributed by atoms with E-state index in [-0.39, 0.29) is 30.0 Å². The van der Waals surface area contributed by atoms with Gasteiger partial charge in [-0.05, 0) is 32.6 Å². The van der Waals surface area contributed by atoms with E-state index in [2.05, 4.69) is 6.92 Å². The summed E-state index contributed by atoms with van der Waals surface area (Å²) in [6.45, 7) is 5.48. The average Bonchev–Trinajstić information content (AvgIpc) is 2.68. The molecule has 0 spiro atoms. The number of esters is 1. The number of hydrogen-bond acceptors (Lipinski definition) is 4. The van der Waals surface area contributed by atoms with Crippen LogP contribution >= 0.6 is 0 Å². The fourth-order valence-corrected chi connectivity index (χ4v) is 3.01. The SMILES string of the molecule is CCCCC1C(=O)CCC1C(C(C)=O)C(=O)OCC. The van der Waals surface area contributed by atoms with Crippen molar-refractivity contribution in [2.24, 2.45) is 17.8 Å². The number of carbonyl (C=O) groups excluding carboxylic acids is 3. The van der Waals surface area contributed by atoms with Gasteiger partial charge in [-0.1, -0.05) is 19.8 Å². The van der Waals surface area contributed by atoms with Crippen LogP contribution in [0.3, 0.4) is 0 Å². The van der Waals surface area contributed by atoms with Crippen molar-refractivity contribution in [3.8, 4) is 0 Å². The third kappa shape index (κ3) is 3.88. The maximum atomic E-state index is 11.9. The van der Waals surface area contributed by atoms with Gasteiger partial charge >= 0.3 is 5.97 Å². The summed E-state index contributed by atoms with van der Waals surface area (Å²) in [5, 5.41) is 0. The lowest BCUT2D eigenvalue weighted by molar-refractivity contribution is -0.154. The Morgan fingerprint density at radius 3 is 2.58 bits per heavy atom. The van der Waals surface area contributed by atoms with Gasteiger partial charge in [0.05, 0.1) is 6.61 Å². The molecule has 0 bridgehead atoms. The van der Waals surface area contributed by atoms with Crippen LogP contribution in [0.4, 0.5) is 0 Å². The van der Waals surface area contributed by atoms with E-state index in [0.29, 0.717) is 12.8 Å². The molecule has 0 N–H and O–H groups in total. The number of carbonyl (C=O) groups is 3. The molecule has 1 aliphatic rings. The molecule has 0 aromatic carbocycles. The third-order valence-electron chi connectivity index (χ3n) is 3.93. The van der Waals surface area contributed by atoms with E-state index < -0.39 is 11.9 Å². The summed E-state index contributed by atoms with van der Waals surface area (Å²) >= 11 is 0. The van der Waals surface area contributed by atoms with Crippen molar-refractivity contribution in [3.63, 3.8) is 0 Å². The largest absolute Gasteiger partial charge is 0.465 e. The molecule has 4 heteroatoms. The smallest absolute Gasteiger partial charge is 0.316 e. The van der Waals surface area contributed by atoms with E-state index in [9.17, 15) is 14.4 Å². The number of Topliss-reactive ketones (excluding diaryl/α,β-unsaturated/α-hetero) is 2. The quantitative estimate of drug-likeness (QED) is 0.526. The molecular weight excluding hydrogens is 244 g/mol. The van der Waals surface area contributed by atoms with Crippen LogP contribution in [0.15, 0.2) is 0 Å². The predicted molar refractivity (Wildman–Crippen MR) is 71.6 cm³/mol. The summed E-state index contributed by atoms with van der Waals surface area (Å²) in [6.07, 6.45) is 3.88. The van der Waals surface area contributed by atoms with Crippen molar-refractivity contribution >= 4 is 17.5 Å². The second-order valence-corrected chi connectivity index (χ2v) is 5.26. The van der Waals surface area contributed by atoms with Crippen molar-refractivity contribution in [1.82, 2.24) is 0 Å². The molecule has 3 unspecified atom stereocenters. The molecule has 0 aliphatic heterocycles. The standard InChI is InChI=1S/C15H24O4/c1-4-6-7-11-12(8-9-13(11)17)14(10(3)16)15(18)19-5-2/h11-12,14H,4-9H2,1-3H3. The fraction of sp³-hybridized carbons (Fsp3) is 0.800. The Bertz CT molecular complexity index is 348. The van der Waals surface area contributed by atoms with Crippen molar-refractivity contribution in [1.29, 1.82) is 0 Å². The molecule has 1 saturated carbocycles. The first kappa shape index (κ1) is 15.9. The van der Waals surface area contributed by atoms with Gasteiger partial charge in [-0.2, -0.15) is 0 Å². The van der Waals surface area contributed by atoms with Gasteiger partial charge in [0, 0.05) is 12.3 Å². The molecule has 0 heterocycles. The van der Waals surface area contributed by atoms with Gasteiger partial charge in [0.15, 0.2) is 0 Å². The summed E-state index contributed by atoms with van der Waals surface area (Å²) in [4.78, 5) is 35.6. The minimum atomic E-state index is -0.756. The van der Waals surface area contributed by atoms with Crippen molar-refractivity contribution < 1.29 is 19.1 Å². The van der Waals surface area contributed by atoms with Crippen molar-refractivity contribution in [2.75, 3.05) is 6.61 Å². The zero-order valence-corrected chi connectivity index (χ0v) is 12.1. The molecule has 19 heavy (non-hydrogen) atoms. The zero-order valence-electron chi connectivity index (χ0n) is 12.1. The second kappa shape index (κ2) is 7.41. The van der Waals surface area contributed by atoms with Gasteiger partial charge in [-0.15, -0.1) is 0 Å². The van der Waals surface area contributed by atoms with Gasteiger partial charge in [0.1, 0.15) is 17.5 Å². The van der Waals surface area contributed by atoms with Crippen LogP contribution in [-0.4, -0.2) is 24.1 Å². The highest BCUT2D eigenvalue weighted by Crippen LogP contribution is 2.38. The lowest BCUT2D eigenvalue weighted by Crippen LogP contribution is -2.34. The van der Waals surface area contributed by atoms with Crippen LogP contribution in [0, 0.1) is 17.8 Å². The number of hydrogen-bond donors (Lipinski definition) is 0. The second-order valence-electron chi connectivity index (χ2n) is 5.26. The summed E-state index contributed by atoms with van der Waals surface area (Å²) in [6, 6.07) is 0. The minimum absolute atomic E-state index is 0.141. The Kier molecular flexibility index (Phi) is 6.19. The minimum Gasteiger partial charge on any atom is -0.465 e. The van der Waals surface area contributed by atoms with E-state index in [0.717, 1.165) is 19.3 Å². The summed E-state index contributed by atoms with van der Waals surface area (Å²) in [7, 11) is 0. The third-order valence-corrected chi connectivity index (χ3v) is 3.93. The van der Waals surface area contributed by atoms with Gasteiger partial charge < -0.3 is 4.74 Å². The fourth-order valence-electron chi connectivity index (χ4n) is 3.01. The van der Waals surface area contributed by atoms with Crippen LogP contribution in [0.1, 0.15) is 52.9 Å². The molecule has 0 aromatic rings. The first-order valence-electron chi connectivity index (χ1n) is 7.22. The Morgan fingerprint density at radius 2 is 2.05 bits per heavy atom. The summed E-state index contributed by atoms with van der Waals surface area (Å²) < 4.78 is 4.99. The maximum Gasteiger partial charge on any atom is 0.316 e. The van der Waals surface area contributed by atoms with E-state index in [1.807, 2.05) is 0 Å². The maximum absolute atomic E-state index is 11.9. The van der Waals surface area contributed by atoms with Crippen LogP contribution in [0.5, 0.6) is 0 Å². The molecular formula is C15H24O4. The highest BCUT2D eigenvalue weighted by molar-refractivity contribution is 5.99. The Morgan fingerprint density at radius 1 is 1.37 bits per heavy atom. The van der Waals surface area contributed by atoms with E-state index in [1.165, 1.54) is 6.92 Å². The highest BCUT2D eigenvalue weighted by Gasteiger charge is 2.44. The molecule has 1 fully saturated rings. The summed E-state index contributed by atoms with van der Waals surface area (Å²) in [5.74, 6) is -1.49. The van der Waals surface area contributed by atoms with Crippen LogP contribution in [0.2, 0.25) is 0 Å². The molecule has 1 aliphatic carbocycles. The molecule has 0 radical (unpaired) electrons. The Labute approximate surface area is 114 Å². The summed E-state index contributed by atoms with van der Waals surface area (Å²) in [5.41, 5.74) is 0. The van der Waals surface area contributed by atoms with E-state index in [1.54, 1.807) is 6.92 Å². The molecule has 1 rings (SSSR count). The topological polar surface area (TPSA) is 60.4 Å². The average molecular weight is 268 g/mol. The Balaban J connectivity index is 2.85. The monoisotopic (exact) mass is 268 g/mol.